The number of aliphatic imine (C=N–C) groups is 1. The average Bonchev–Trinajstić information content (AvgIpc) is 3.26. The zero-order valence-corrected chi connectivity index (χ0v) is 22.5. The maximum atomic E-state index is 6.29. The van der Waals surface area contributed by atoms with E-state index in [0.717, 1.165) is 59.1 Å². The molecule has 0 radical (unpaired) electrons. The molecule has 3 N–H and O–H groups in total. The van der Waals surface area contributed by atoms with Gasteiger partial charge in [-0.1, -0.05) is 68.2 Å². The van der Waals surface area contributed by atoms with E-state index in [2.05, 4.69) is 59.6 Å². The molecule has 5 nitrogen and oxygen atoms in total. The van der Waals surface area contributed by atoms with E-state index in [1.54, 1.807) is 0 Å². The Balaban J connectivity index is 0.00000289. The summed E-state index contributed by atoms with van der Waals surface area (Å²) in [6.45, 7) is 12.1. The number of amidine groups is 1. The first-order valence-corrected chi connectivity index (χ1v) is 11.6. The fraction of sp³-hybridized carbons (Fsp3) is 0.172. The molecular formula is C29H30N5Na. The molecule has 1 atom stereocenters. The molecule has 3 aromatic carbocycles. The Bertz CT molecular complexity index is 1270. The van der Waals surface area contributed by atoms with Gasteiger partial charge >= 0.3 is 29.6 Å². The Labute approximate surface area is 230 Å². The van der Waals surface area contributed by atoms with Crippen molar-refractivity contribution in [2.75, 3.05) is 36.1 Å². The standard InChI is InChI=1S/C29H30N5.Na/c1-4-21-10-8-9-13-27(21)31-18-23-16-24(30)17-26-20(2)34-15-14-22(29(34)32-28(23)26)19-33(3)25-11-6-5-7-12-25;/h4-13,16-18,22,31H,1-2,14-15,19,30H2,3H3;/q-1;+1. The Morgan fingerprint density at radius 2 is 1.91 bits per heavy atom. The van der Waals surface area contributed by atoms with Crippen molar-refractivity contribution < 1.29 is 29.6 Å². The van der Waals surface area contributed by atoms with Gasteiger partial charge in [0.2, 0.25) is 0 Å². The van der Waals surface area contributed by atoms with E-state index in [1.165, 1.54) is 5.69 Å². The van der Waals surface area contributed by atoms with E-state index in [-0.39, 0.29) is 29.6 Å². The predicted octanol–water partition coefficient (Wildman–Crippen LogP) is 3.01. The number of hydrogen-bond donors (Lipinski definition) is 2. The number of hydrogen-bond acceptors (Lipinski definition) is 5. The maximum Gasteiger partial charge on any atom is 1.00 e. The van der Waals surface area contributed by atoms with E-state index in [4.69, 9.17) is 10.7 Å². The molecule has 0 amide bonds. The summed E-state index contributed by atoms with van der Waals surface area (Å²) in [5.74, 6) is 1.42. The van der Waals surface area contributed by atoms with Crippen LogP contribution in [-0.2, 0) is 0 Å². The van der Waals surface area contributed by atoms with Crippen LogP contribution in [0.25, 0.3) is 11.8 Å². The number of nitrogens with zero attached hydrogens (tertiary/aromatic N) is 3. The SMILES string of the molecule is C=Cc1ccccc1N[CH-]c1cc(N)cc2c1N=C1C(CN(C)c3ccccc3)CCN1C2=C.[Na+]. The Morgan fingerprint density at radius 3 is 2.69 bits per heavy atom. The molecule has 3 aromatic rings. The summed E-state index contributed by atoms with van der Waals surface area (Å²) in [7, 11) is 2.14. The summed E-state index contributed by atoms with van der Waals surface area (Å²) in [5, 5.41) is 3.42. The van der Waals surface area contributed by atoms with Gasteiger partial charge in [0.25, 0.3) is 0 Å². The summed E-state index contributed by atoms with van der Waals surface area (Å²) in [4.78, 5) is 9.75. The topological polar surface area (TPSA) is 56.9 Å². The van der Waals surface area contributed by atoms with Crippen molar-refractivity contribution in [2.24, 2.45) is 10.9 Å². The van der Waals surface area contributed by atoms with Crippen molar-refractivity contribution in [1.29, 1.82) is 0 Å². The number of fused-ring (bicyclic) bond motifs is 2. The van der Waals surface area contributed by atoms with Crippen LogP contribution in [-0.4, -0.2) is 30.9 Å². The number of para-hydroxylation sites is 2. The molecule has 1 fully saturated rings. The van der Waals surface area contributed by atoms with Crippen LogP contribution in [0.4, 0.5) is 22.7 Å². The number of nitrogens with one attached hydrogen (secondary N) is 1. The van der Waals surface area contributed by atoms with Crippen molar-refractivity contribution >= 4 is 40.4 Å². The molecule has 35 heavy (non-hydrogen) atoms. The molecule has 1 unspecified atom stereocenters. The Kier molecular flexibility index (Phi) is 7.60. The summed E-state index contributed by atoms with van der Waals surface area (Å²) >= 11 is 0. The molecule has 0 aliphatic carbocycles. The molecule has 2 aliphatic rings. The first-order valence-electron chi connectivity index (χ1n) is 11.6. The third-order valence-corrected chi connectivity index (χ3v) is 6.62. The van der Waals surface area contributed by atoms with Crippen molar-refractivity contribution in [3.05, 3.63) is 103 Å². The van der Waals surface area contributed by atoms with Gasteiger partial charge in [-0.05, 0) is 47.1 Å². The first-order chi connectivity index (χ1) is 16.5. The number of benzene rings is 3. The smallest absolute Gasteiger partial charge is 0.414 e. The first kappa shape index (κ1) is 25.0. The molecule has 0 bridgehead atoms. The molecule has 6 heteroatoms. The Hall–Kier alpha value is -3.12. The molecule has 1 saturated heterocycles. The quantitative estimate of drug-likeness (QED) is 0.316. The third-order valence-electron chi connectivity index (χ3n) is 6.62. The largest absolute Gasteiger partial charge is 1.00 e. The van der Waals surface area contributed by atoms with E-state index in [9.17, 15) is 0 Å². The zero-order valence-electron chi connectivity index (χ0n) is 20.5. The van der Waals surface area contributed by atoms with Crippen LogP contribution in [0.3, 0.4) is 0 Å². The van der Waals surface area contributed by atoms with Crippen LogP contribution in [0.2, 0.25) is 0 Å². The fourth-order valence-corrected chi connectivity index (χ4v) is 4.82. The minimum absolute atomic E-state index is 0. The maximum absolute atomic E-state index is 6.29. The number of nitrogen functional groups attached to an aromatic ring is 1. The van der Waals surface area contributed by atoms with Crippen LogP contribution >= 0.6 is 0 Å². The van der Waals surface area contributed by atoms with Crippen molar-refractivity contribution in [1.82, 2.24) is 4.90 Å². The van der Waals surface area contributed by atoms with Gasteiger partial charge in [0.15, 0.2) is 0 Å². The van der Waals surface area contributed by atoms with E-state index >= 15 is 0 Å². The van der Waals surface area contributed by atoms with Gasteiger partial charge < -0.3 is 25.8 Å². The van der Waals surface area contributed by atoms with Crippen LogP contribution in [0.1, 0.15) is 23.1 Å². The summed E-state index contributed by atoms with van der Waals surface area (Å²) in [5.41, 5.74) is 14.1. The second kappa shape index (κ2) is 10.6. The monoisotopic (exact) mass is 471 g/mol. The fourth-order valence-electron chi connectivity index (χ4n) is 4.82. The van der Waals surface area contributed by atoms with Gasteiger partial charge in [0, 0.05) is 43.1 Å². The molecular weight excluding hydrogens is 441 g/mol. The molecule has 0 spiro atoms. The third kappa shape index (κ3) is 4.98. The van der Waals surface area contributed by atoms with Gasteiger partial charge in [-0.15, -0.1) is 11.6 Å². The second-order valence-electron chi connectivity index (χ2n) is 8.86. The van der Waals surface area contributed by atoms with Gasteiger partial charge in [-0.25, -0.2) is 0 Å². The van der Waals surface area contributed by atoms with Crippen molar-refractivity contribution in [2.45, 2.75) is 6.42 Å². The minimum Gasteiger partial charge on any atom is -0.414 e. The van der Waals surface area contributed by atoms with E-state index in [0.29, 0.717) is 11.6 Å². The molecule has 5 rings (SSSR count). The van der Waals surface area contributed by atoms with Gasteiger partial charge in [0.1, 0.15) is 5.84 Å². The number of anilines is 3. The molecule has 0 saturated carbocycles. The van der Waals surface area contributed by atoms with Gasteiger partial charge in [0.05, 0.1) is 0 Å². The van der Waals surface area contributed by atoms with Crippen LogP contribution in [0, 0.1) is 12.5 Å². The molecule has 0 aromatic heterocycles. The van der Waals surface area contributed by atoms with Crippen molar-refractivity contribution in [3.63, 3.8) is 0 Å². The minimum atomic E-state index is 0. The van der Waals surface area contributed by atoms with E-state index in [1.807, 2.05) is 55.1 Å². The summed E-state index contributed by atoms with van der Waals surface area (Å²) in [6, 6.07) is 22.5. The van der Waals surface area contributed by atoms with Gasteiger partial charge in [-0.3, -0.25) is 0 Å². The van der Waals surface area contributed by atoms with E-state index < -0.39 is 0 Å². The van der Waals surface area contributed by atoms with Crippen LogP contribution < -0.4 is 45.5 Å². The van der Waals surface area contributed by atoms with Crippen LogP contribution in [0.5, 0.6) is 0 Å². The average molecular weight is 472 g/mol. The number of nitrogens with two attached hydrogens (primary N) is 1. The predicted molar refractivity (Wildman–Crippen MR) is 145 cm³/mol. The zero-order chi connectivity index (χ0) is 23.7. The Morgan fingerprint density at radius 1 is 1.17 bits per heavy atom. The number of rotatable bonds is 7. The summed E-state index contributed by atoms with van der Waals surface area (Å²) < 4.78 is 0. The molecule has 2 heterocycles. The molecule has 2 aliphatic heterocycles. The van der Waals surface area contributed by atoms with Crippen LogP contribution in [0.15, 0.2) is 84.9 Å². The summed E-state index contributed by atoms with van der Waals surface area (Å²) in [6.07, 6.45) is 2.89. The van der Waals surface area contributed by atoms with Crippen molar-refractivity contribution in [3.8, 4) is 0 Å². The van der Waals surface area contributed by atoms with Gasteiger partial charge in [-0.2, -0.15) is 0 Å². The second-order valence-corrected chi connectivity index (χ2v) is 8.86. The molecule has 172 valence electrons. The normalized spacial score (nSPS) is 15.9.